The molecular weight excluding hydrogens is 274 g/mol. The lowest BCUT2D eigenvalue weighted by Gasteiger charge is -2.20. The van der Waals surface area contributed by atoms with Gasteiger partial charge >= 0.3 is 0 Å². The first-order valence-corrected chi connectivity index (χ1v) is 7.38. The summed E-state index contributed by atoms with van der Waals surface area (Å²) >= 11 is 0. The van der Waals surface area contributed by atoms with Crippen LogP contribution in [0.3, 0.4) is 0 Å². The van der Waals surface area contributed by atoms with Crippen molar-refractivity contribution < 1.29 is 9.53 Å². The zero-order chi connectivity index (χ0) is 16.3. The normalized spacial score (nSPS) is 11.1. The van der Waals surface area contributed by atoms with Crippen molar-refractivity contribution in [2.45, 2.75) is 27.7 Å². The maximum Gasteiger partial charge on any atom is 0.229 e. The van der Waals surface area contributed by atoms with Crippen LogP contribution in [0.5, 0.6) is 5.75 Å². The fourth-order valence-corrected chi connectivity index (χ4v) is 2.04. The van der Waals surface area contributed by atoms with Crippen molar-refractivity contribution in [3.8, 4) is 16.9 Å². The van der Waals surface area contributed by atoms with Crippen LogP contribution in [0.1, 0.15) is 26.3 Å². The van der Waals surface area contributed by atoms with Crippen LogP contribution in [-0.2, 0) is 4.79 Å². The third-order valence-electron chi connectivity index (χ3n) is 3.52. The molecule has 116 valence electrons. The molecule has 2 rings (SSSR count). The molecule has 0 unspecified atom stereocenters. The van der Waals surface area contributed by atoms with E-state index in [1.54, 1.807) is 7.11 Å². The van der Waals surface area contributed by atoms with E-state index in [9.17, 15) is 4.79 Å². The molecule has 0 bridgehead atoms. The number of aryl methyl sites for hydroxylation is 1. The molecule has 0 aliphatic heterocycles. The Hall–Kier alpha value is -2.29. The Kier molecular flexibility index (Phi) is 4.55. The van der Waals surface area contributed by atoms with E-state index >= 15 is 0 Å². The van der Waals surface area contributed by atoms with Crippen molar-refractivity contribution in [2.75, 3.05) is 12.4 Å². The standard InChI is InChI=1S/C19H23NO2/c1-13-6-8-14(9-7-13)16-12-15(22-5)10-11-17(16)20-18(21)19(2,3)4/h6-12H,1-5H3,(H,20,21). The highest BCUT2D eigenvalue weighted by Gasteiger charge is 2.22. The molecule has 22 heavy (non-hydrogen) atoms. The fourth-order valence-electron chi connectivity index (χ4n) is 2.04. The summed E-state index contributed by atoms with van der Waals surface area (Å²) in [5.41, 5.74) is 3.56. The van der Waals surface area contributed by atoms with Gasteiger partial charge in [-0.15, -0.1) is 0 Å². The van der Waals surface area contributed by atoms with E-state index in [-0.39, 0.29) is 5.91 Å². The molecule has 0 spiro atoms. The lowest BCUT2D eigenvalue weighted by Crippen LogP contribution is -2.27. The van der Waals surface area contributed by atoms with E-state index in [2.05, 4.69) is 36.5 Å². The number of carbonyl (C=O) groups excluding carboxylic acids is 1. The summed E-state index contributed by atoms with van der Waals surface area (Å²) in [5.74, 6) is 0.760. The van der Waals surface area contributed by atoms with Gasteiger partial charge in [0.1, 0.15) is 5.75 Å². The molecule has 3 heteroatoms. The molecule has 0 heterocycles. The van der Waals surface area contributed by atoms with Crippen LogP contribution in [0.25, 0.3) is 11.1 Å². The summed E-state index contributed by atoms with van der Waals surface area (Å²) < 4.78 is 5.31. The van der Waals surface area contributed by atoms with Crippen LogP contribution in [0.2, 0.25) is 0 Å². The Morgan fingerprint density at radius 1 is 1.05 bits per heavy atom. The van der Waals surface area contributed by atoms with Gasteiger partial charge in [0.25, 0.3) is 0 Å². The Balaban J connectivity index is 2.45. The van der Waals surface area contributed by atoms with Crippen LogP contribution in [0.4, 0.5) is 5.69 Å². The molecule has 2 aromatic carbocycles. The van der Waals surface area contributed by atoms with Gasteiger partial charge in [0.05, 0.1) is 7.11 Å². The second-order valence-corrected chi connectivity index (χ2v) is 6.48. The third-order valence-corrected chi connectivity index (χ3v) is 3.52. The second kappa shape index (κ2) is 6.22. The number of methoxy groups -OCH3 is 1. The average Bonchev–Trinajstić information content (AvgIpc) is 2.47. The number of carbonyl (C=O) groups is 1. The smallest absolute Gasteiger partial charge is 0.229 e. The van der Waals surface area contributed by atoms with Gasteiger partial charge in [-0.25, -0.2) is 0 Å². The van der Waals surface area contributed by atoms with Gasteiger partial charge in [0, 0.05) is 16.7 Å². The first-order chi connectivity index (χ1) is 10.3. The second-order valence-electron chi connectivity index (χ2n) is 6.48. The highest BCUT2D eigenvalue weighted by Crippen LogP contribution is 2.33. The van der Waals surface area contributed by atoms with Crippen molar-refractivity contribution in [3.63, 3.8) is 0 Å². The number of anilines is 1. The number of hydrogen-bond donors (Lipinski definition) is 1. The van der Waals surface area contributed by atoms with Crippen LogP contribution in [0, 0.1) is 12.3 Å². The molecule has 0 aromatic heterocycles. The predicted molar refractivity (Wildman–Crippen MR) is 91.3 cm³/mol. The highest BCUT2D eigenvalue weighted by molar-refractivity contribution is 5.98. The Morgan fingerprint density at radius 2 is 1.68 bits per heavy atom. The van der Waals surface area contributed by atoms with E-state index in [0.29, 0.717) is 0 Å². The van der Waals surface area contributed by atoms with Crippen LogP contribution in [0.15, 0.2) is 42.5 Å². The number of rotatable bonds is 3. The molecule has 0 saturated heterocycles. The van der Waals surface area contributed by atoms with Gasteiger partial charge < -0.3 is 10.1 Å². The molecule has 0 saturated carbocycles. The molecule has 0 fully saturated rings. The molecular formula is C19H23NO2. The van der Waals surface area contributed by atoms with Crippen LogP contribution < -0.4 is 10.1 Å². The quantitative estimate of drug-likeness (QED) is 0.895. The average molecular weight is 297 g/mol. The monoisotopic (exact) mass is 297 g/mol. The van der Waals surface area contributed by atoms with Gasteiger partial charge in [0.15, 0.2) is 0 Å². The lowest BCUT2D eigenvalue weighted by atomic mass is 9.95. The van der Waals surface area contributed by atoms with Gasteiger partial charge in [0.2, 0.25) is 5.91 Å². The first kappa shape index (κ1) is 16.1. The Labute approximate surface area is 132 Å². The highest BCUT2D eigenvalue weighted by atomic mass is 16.5. The number of hydrogen-bond acceptors (Lipinski definition) is 2. The molecule has 3 nitrogen and oxygen atoms in total. The summed E-state index contributed by atoms with van der Waals surface area (Å²) in [6.45, 7) is 7.75. The minimum atomic E-state index is -0.440. The number of ether oxygens (including phenoxy) is 1. The Morgan fingerprint density at radius 3 is 2.23 bits per heavy atom. The van der Waals surface area contributed by atoms with Gasteiger partial charge in [-0.3, -0.25) is 4.79 Å². The molecule has 2 aromatic rings. The lowest BCUT2D eigenvalue weighted by molar-refractivity contribution is -0.123. The fraction of sp³-hybridized carbons (Fsp3) is 0.316. The maximum atomic E-state index is 12.3. The van der Waals surface area contributed by atoms with Crippen LogP contribution in [-0.4, -0.2) is 13.0 Å². The topological polar surface area (TPSA) is 38.3 Å². The zero-order valence-electron chi connectivity index (χ0n) is 13.9. The molecule has 0 aliphatic carbocycles. The molecule has 0 radical (unpaired) electrons. The van der Waals surface area contributed by atoms with Crippen molar-refractivity contribution in [1.82, 2.24) is 0 Å². The molecule has 1 amide bonds. The van der Waals surface area contributed by atoms with Gasteiger partial charge in [-0.2, -0.15) is 0 Å². The van der Waals surface area contributed by atoms with Crippen molar-refractivity contribution in [2.24, 2.45) is 5.41 Å². The predicted octanol–water partition coefficient (Wildman–Crippen LogP) is 4.66. The molecule has 0 atom stereocenters. The zero-order valence-corrected chi connectivity index (χ0v) is 13.9. The third kappa shape index (κ3) is 3.67. The molecule has 1 N–H and O–H groups in total. The van der Waals surface area contributed by atoms with Gasteiger partial charge in [-0.05, 0) is 30.7 Å². The summed E-state index contributed by atoms with van der Waals surface area (Å²) in [6, 6.07) is 13.9. The van der Waals surface area contributed by atoms with E-state index < -0.39 is 5.41 Å². The van der Waals surface area contributed by atoms with E-state index in [1.807, 2.05) is 39.0 Å². The maximum absolute atomic E-state index is 12.3. The van der Waals surface area contributed by atoms with E-state index in [0.717, 1.165) is 22.6 Å². The van der Waals surface area contributed by atoms with Gasteiger partial charge in [-0.1, -0.05) is 50.6 Å². The minimum Gasteiger partial charge on any atom is -0.497 e. The van der Waals surface area contributed by atoms with E-state index in [1.165, 1.54) is 5.56 Å². The van der Waals surface area contributed by atoms with Crippen molar-refractivity contribution >= 4 is 11.6 Å². The summed E-state index contributed by atoms with van der Waals surface area (Å²) in [6.07, 6.45) is 0. The SMILES string of the molecule is COc1ccc(NC(=O)C(C)(C)C)c(-c2ccc(C)cc2)c1. The minimum absolute atomic E-state index is 0.00831. The van der Waals surface area contributed by atoms with Crippen LogP contribution >= 0.6 is 0 Å². The largest absolute Gasteiger partial charge is 0.497 e. The number of benzene rings is 2. The first-order valence-electron chi connectivity index (χ1n) is 7.38. The summed E-state index contributed by atoms with van der Waals surface area (Å²) in [4.78, 5) is 12.3. The number of nitrogens with one attached hydrogen (secondary N) is 1. The van der Waals surface area contributed by atoms with Crippen molar-refractivity contribution in [3.05, 3.63) is 48.0 Å². The number of amides is 1. The Bertz CT molecular complexity index is 667. The summed E-state index contributed by atoms with van der Waals surface area (Å²) in [5, 5.41) is 3.02. The van der Waals surface area contributed by atoms with Crippen molar-refractivity contribution in [1.29, 1.82) is 0 Å². The van der Waals surface area contributed by atoms with E-state index in [4.69, 9.17) is 4.74 Å². The molecule has 0 aliphatic rings. The summed E-state index contributed by atoms with van der Waals surface area (Å²) in [7, 11) is 1.64.